The minimum atomic E-state index is -0.149. The van der Waals surface area contributed by atoms with Crippen molar-refractivity contribution in [3.63, 3.8) is 0 Å². The van der Waals surface area contributed by atoms with Crippen LogP contribution >= 0.6 is 0 Å². The molecule has 2 aromatic heterocycles. The van der Waals surface area contributed by atoms with Gasteiger partial charge < -0.3 is 19.3 Å². The molecule has 0 N–H and O–H groups in total. The van der Waals surface area contributed by atoms with Crippen molar-refractivity contribution in [2.24, 2.45) is 5.92 Å². The molecule has 1 aliphatic heterocycles. The minimum Gasteiger partial charge on any atom is -0.344 e. The number of amides is 2. The van der Waals surface area contributed by atoms with Gasteiger partial charge in [0.2, 0.25) is 5.91 Å². The number of nitrogens with zero attached hydrogens (tertiary/aromatic N) is 5. The summed E-state index contributed by atoms with van der Waals surface area (Å²) in [7, 11) is 5.61. The fraction of sp³-hybridized carbons (Fsp3) is 0.476. The molecule has 150 valence electrons. The van der Waals surface area contributed by atoms with Gasteiger partial charge in [-0.3, -0.25) is 14.6 Å². The number of rotatable bonds is 6. The Morgan fingerprint density at radius 1 is 1.18 bits per heavy atom. The summed E-state index contributed by atoms with van der Waals surface area (Å²) in [4.78, 5) is 35.2. The van der Waals surface area contributed by atoms with E-state index in [1.54, 1.807) is 29.1 Å². The van der Waals surface area contributed by atoms with Crippen LogP contribution in [0.3, 0.4) is 0 Å². The van der Waals surface area contributed by atoms with Gasteiger partial charge in [-0.2, -0.15) is 0 Å². The van der Waals surface area contributed by atoms with E-state index in [4.69, 9.17) is 0 Å². The summed E-state index contributed by atoms with van der Waals surface area (Å²) in [5.74, 6) is 0.0554. The van der Waals surface area contributed by atoms with Crippen LogP contribution < -0.4 is 0 Å². The van der Waals surface area contributed by atoms with E-state index in [1.807, 2.05) is 42.2 Å². The number of carbonyl (C=O) groups excluding carboxylic acids is 2. The molecule has 2 atom stereocenters. The second-order valence-electron chi connectivity index (χ2n) is 7.70. The lowest BCUT2D eigenvalue weighted by molar-refractivity contribution is -0.133. The smallest absolute Gasteiger partial charge is 0.272 e. The molecule has 0 unspecified atom stereocenters. The molecule has 1 fully saturated rings. The Morgan fingerprint density at radius 3 is 2.50 bits per heavy atom. The monoisotopic (exact) mass is 383 g/mol. The largest absolute Gasteiger partial charge is 0.344 e. The van der Waals surface area contributed by atoms with Crippen molar-refractivity contribution in [1.82, 2.24) is 24.3 Å². The third-order valence-corrected chi connectivity index (χ3v) is 5.59. The maximum Gasteiger partial charge on any atom is 0.272 e. The molecular formula is C21H29N5O2. The van der Waals surface area contributed by atoms with Crippen LogP contribution in [0.1, 0.15) is 23.8 Å². The van der Waals surface area contributed by atoms with Gasteiger partial charge in [0.1, 0.15) is 5.69 Å². The zero-order valence-corrected chi connectivity index (χ0v) is 17.1. The van der Waals surface area contributed by atoms with Gasteiger partial charge in [0, 0.05) is 64.0 Å². The van der Waals surface area contributed by atoms with Crippen LogP contribution in [0.2, 0.25) is 0 Å². The lowest BCUT2D eigenvalue weighted by atomic mass is 10.1. The maximum atomic E-state index is 12.7. The normalized spacial score (nSPS) is 19.6. The first-order valence-corrected chi connectivity index (χ1v) is 9.67. The number of carbonyl (C=O) groups is 2. The number of hydrogen-bond acceptors (Lipinski definition) is 4. The number of aromatic nitrogens is 2. The molecule has 0 radical (unpaired) electrons. The molecule has 2 aromatic rings. The molecule has 7 heteroatoms. The van der Waals surface area contributed by atoms with Gasteiger partial charge in [-0.05, 0) is 44.7 Å². The Balaban J connectivity index is 1.56. The predicted molar refractivity (Wildman–Crippen MR) is 108 cm³/mol. The van der Waals surface area contributed by atoms with Crippen molar-refractivity contribution in [1.29, 1.82) is 0 Å². The molecule has 28 heavy (non-hydrogen) atoms. The van der Waals surface area contributed by atoms with Crippen molar-refractivity contribution in [2.75, 3.05) is 40.8 Å². The van der Waals surface area contributed by atoms with Crippen molar-refractivity contribution in [3.8, 4) is 5.69 Å². The summed E-state index contributed by atoms with van der Waals surface area (Å²) >= 11 is 0. The number of likely N-dealkylation sites (N-methyl/N-ethyl adjacent to an activating group) is 2. The number of hydrogen-bond donors (Lipinski definition) is 0. The third-order valence-electron chi connectivity index (χ3n) is 5.59. The van der Waals surface area contributed by atoms with E-state index in [-0.39, 0.29) is 17.7 Å². The van der Waals surface area contributed by atoms with Gasteiger partial charge in [-0.15, -0.1) is 0 Å². The molecule has 3 rings (SSSR count). The van der Waals surface area contributed by atoms with Crippen molar-refractivity contribution in [3.05, 3.63) is 48.5 Å². The van der Waals surface area contributed by atoms with Crippen LogP contribution in [0.15, 0.2) is 42.9 Å². The topological polar surface area (TPSA) is 61.7 Å². The highest BCUT2D eigenvalue weighted by Gasteiger charge is 2.32. The van der Waals surface area contributed by atoms with Crippen LogP contribution in [0, 0.1) is 5.92 Å². The van der Waals surface area contributed by atoms with Crippen LogP contribution in [-0.4, -0.2) is 82.9 Å². The fourth-order valence-corrected chi connectivity index (χ4v) is 3.60. The quantitative estimate of drug-likeness (QED) is 0.762. The molecular weight excluding hydrogens is 354 g/mol. The zero-order chi connectivity index (χ0) is 20.3. The first-order valence-electron chi connectivity index (χ1n) is 9.67. The lowest BCUT2D eigenvalue weighted by Crippen LogP contribution is -2.40. The van der Waals surface area contributed by atoms with Gasteiger partial charge in [-0.1, -0.05) is 0 Å². The Hall–Kier alpha value is -2.67. The van der Waals surface area contributed by atoms with E-state index in [2.05, 4.69) is 23.9 Å². The standard InChI is InChI=1S/C21H29N5O2/c1-16-13-17(15-25(16)4)20(27)23(2)11-12-24(3)21(28)19-14-18(7-8-22-19)26-9-5-6-10-26/h5-10,14,16-17H,11-13,15H2,1-4H3/t16-,17+/m1/s1. The second-order valence-corrected chi connectivity index (χ2v) is 7.70. The van der Waals surface area contributed by atoms with E-state index in [0.29, 0.717) is 24.8 Å². The summed E-state index contributed by atoms with van der Waals surface area (Å²) in [5, 5.41) is 0. The third kappa shape index (κ3) is 4.42. The van der Waals surface area contributed by atoms with Crippen LogP contribution in [0.25, 0.3) is 5.69 Å². The molecule has 0 aliphatic carbocycles. The SMILES string of the molecule is C[C@@H]1C[C@H](C(=O)N(C)CCN(C)C(=O)c2cc(-n3cccc3)ccn2)CN1C. The Morgan fingerprint density at radius 2 is 1.86 bits per heavy atom. The van der Waals surface area contributed by atoms with E-state index in [1.165, 1.54) is 0 Å². The van der Waals surface area contributed by atoms with Gasteiger partial charge in [0.05, 0.1) is 5.92 Å². The van der Waals surface area contributed by atoms with E-state index in [9.17, 15) is 9.59 Å². The van der Waals surface area contributed by atoms with Crippen molar-refractivity contribution in [2.45, 2.75) is 19.4 Å². The molecule has 2 amide bonds. The molecule has 0 spiro atoms. The zero-order valence-electron chi connectivity index (χ0n) is 17.1. The van der Waals surface area contributed by atoms with Gasteiger partial charge in [-0.25, -0.2) is 0 Å². The highest BCUT2D eigenvalue weighted by molar-refractivity contribution is 5.92. The van der Waals surface area contributed by atoms with Crippen LogP contribution in [0.5, 0.6) is 0 Å². The number of likely N-dealkylation sites (tertiary alicyclic amines) is 1. The molecule has 0 saturated carbocycles. The first-order chi connectivity index (χ1) is 13.4. The first kappa shape index (κ1) is 20.1. The fourth-order valence-electron chi connectivity index (χ4n) is 3.60. The van der Waals surface area contributed by atoms with Crippen LogP contribution in [-0.2, 0) is 4.79 Å². The van der Waals surface area contributed by atoms with Crippen LogP contribution in [0.4, 0.5) is 0 Å². The van der Waals surface area contributed by atoms with Crippen molar-refractivity contribution < 1.29 is 9.59 Å². The second kappa shape index (κ2) is 8.56. The Kier molecular flexibility index (Phi) is 6.14. The summed E-state index contributed by atoms with van der Waals surface area (Å²) < 4.78 is 1.94. The van der Waals surface area contributed by atoms with Gasteiger partial charge in [0.15, 0.2) is 0 Å². The van der Waals surface area contributed by atoms with E-state index >= 15 is 0 Å². The van der Waals surface area contributed by atoms with E-state index < -0.39 is 0 Å². The van der Waals surface area contributed by atoms with Crippen molar-refractivity contribution >= 4 is 11.8 Å². The molecule has 3 heterocycles. The summed E-state index contributed by atoms with van der Waals surface area (Å²) in [6, 6.07) is 7.95. The van der Waals surface area contributed by atoms with E-state index in [0.717, 1.165) is 18.7 Å². The maximum absolute atomic E-state index is 12.7. The predicted octanol–water partition coefficient (Wildman–Crippen LogP) is 1.74. The molecule has 1 saturated heterocycles. The molecule has 0 bridgehead atoms. The average Bonchev–Trinajstić information content (AvgIpc) is 3.35. The Labute approximate surface area is 166 Å². The summed E-state index contributed by atoms with van der Waals surface area (Å²) in [5.41, 5.74) is 1.29. The molecule has 1 aliphatic rings. The molecule has 0 aromatic carbocycles. The minimum absolute atomic E-state index is 0.0472. The summed E-state index contributed by atoms with van der Waals surface area (Å²) in [6.07, 6.45) is 6.39. The highest BCUT2D eigenvalue weighted by Crippen LogP contribution is 2.22. The van der Waals surface area contributed by atoms with Gasteiger partial charge in [0.25, 0.3) is 5.91 Å². The summed E-state index contributed by atoms with van der Waals surface area (Å²) in [6.45, 7) is 3.92. The highest BCUT2D eigenvalue weighted by atomic mass is 16.2. The lowest BCUT2D eigenvalue weighted by Gasteiger charge is -2.24. The van der Waals surface area contributed by atoms with Gasteiger partial charge >= 0.3 is 0 Å². The molecule has 7 nitrogen and oxygen atoms in total. The average molecular weight is 383 g/mol. The number of pyridine rings is 1. The Bertz CT molecular complexity index is 810.